The number of amides is 1. The molecule has 1 heterocycles. The molecule has 0 fully saturated rings. The lowest BCUT2D eigenvalue weighted by atomic mass is 10.1. The number of esters is 1. The van der Waals surface area contributed by atoms with E-state index in [-0.39, 0.29) is 5.91 Å². The number of ether oxygens (including phenoxy) is 1. The Morgan fingerprint density at radius 3 is 2.30 bits per heavy atom. The number of hydrogen-bond donors (Lipinski definition) is 0. The maximum absolute atomic E-state index is 12.8. The molecule has 0 saturated heterocycles. The Hall–Kier alpha value is -4.24. The molecule has 0 aliphatic carbocycles. The van der Waals surface area contributed by atoms with Crippen LogP contribution in [0.1, 0.15) is 37.4 Å². The molecule has 1 aliphatic heterocycles. The second kappa shape index (κ2) is 8.02. The molecule has 3 aromatic rings. The minimum absolute atomic E-state index is 0.387. The molecule has 6 nitrogen and oxygen atoms in total. The number of carbonyl (C=O) groups excluding carboxylic acids is 2. The Kier molecular flexibility index (Phi) is 5.10. The highest BCUT2D eigenvalue weighted by Gasteiger charge is 2.27. The summed E-state index contributed by atoms with van der Waals surface area (Å²) in [5, 5.41) is 8.94. The number of hydrogen-bond acceptors (Lipinski definition) is 4. The van der Waals surface area contributed by atoms with E-state index in [0.29, 0.717) is 29.1 Å². The fraction of sp³-hybridized carbons (Fsp3) is 0.0833. The van der Waals surface area contributed by atoms with Gasteiger partial charge in [-0.3, -0.25) is 4.79 Å². The molecular formula is C24H17N3O3. The lowest BCUT2D eigenvalue weighted by Crippen LogP contribution is -2.25. The van der Waals surface area contributed by atoms with Crippen molar-refractivity contribution >= 4 is 23.4 Å². The number of anilines is 1. The van der Waals surface area contributed by atoms with Crippen molar-refractivity contribution in [1.29, 1.82) is 5.26 Å². The van der Waals surface area contributed by atoms with E-state index in [9.17, 15) is 9.59 Å². The van der Waals surface area contributed by atoms with Gasteiger partial charge in [-0.2, -0.15) is 10.3 Å². The zero-order chi connectivity index (χ0) is 21.1. The van der Waals surface area contributed by atoms with Crippen molar-refractivity contribution in [3.05, 3.63) is 101 Å². The summed E-state index contributed by atoms with van der Waals surface area (Å²) in [7, 11) is 1.34. The number of methoxy groups -OCH3 is 1. The quantitative estimate of drug-likeness (QED) is 0.627. The molecule has 0 radical (unpaired) electrons. The minimum atomic E-state index is -0.406. The van der Waals surface area contributed by atoms with Crippen molar-refractivity contribution in [1.82, 2.24) is 0 Å². The first-order valence-electron chi connectivity index (χ1n) is 9.28. The van der Waals surface area contributed by atoms with Crippen molar-refractivity contribution in [3.8, 4) is 6.07 Å². The third-order valence-electron chi connectivity index (χ3n) is 4.91. The summed E-state index contributed by atoms with van der Waals surface area (Å²) >= 11 is 0. The number of nitrogens with zero attached hydrogens (tertiary/aromatic N) is 3. The number of rotatable bonds is 3. The van der Waals surface area contributed by atoms with Crippen LogP contribution in [0.5, 0.6) is 0 Å². The average molecular weight is 395 g/mol. The highest BCUT2D eigenvalue weighted by molar-refractivity contribution is 6.18. The van der Waals surface area contributed by atoms with Gasteiger partial charge in [-0.1, -0.05) is 24.3 Å². The van der Waals surface area contributed by atoms with Gasteiger partial charge < -0.3 is 9.64 Å². The minimum Gasteiger partial charge on any atom is -0.465 e. The van der Waals surface area contributed by atoms with Gasteiger partial charge >= 0.3 is 5.97 Å². The largest absolute Gasteiger partial charge is 0.465 e. The summed E-state index contributed by atoms with van der Waals surface area (Å²) in [6.07, 6.45) is 0. The predicted octanol–water partition coefficient (Wildman–Crippen LogP) is 3.95. The van der Waals surface area contributed by atoms with Gasteiger partial charge in [-0.15, -0.1) is 0 Å². The molecule has 0 aromatic heterocycles. The van der Waals surface area contributed by atoms with Gasteiger partial charge in [0.05, 0.1) is 30.9 Å². The van der Waals surface area contributed by atoms with Gasteiger partial charge in [0, 0.05) is 16.8 Å². The van der Waals surface area contributed by atoms with E-state index in [1.165, 1.54) is 7.11 Å². The number of benzene rings is 3. The molecule has 1 amide bonds. The average Bonchev–Trinajstić information content (AvgIpc) is 3.17. The summed E-state index contributed by atoms with van der Waals surface area (Å²) < 4.78 is 4.75. The van der Waals surface area contributed by atoms with E-state index in [1.807, 2.05) is 35.2 Å². The first-order valence-corrected chi connectivity index (χ1v) is 9.28. The second-order valence-electron chi connectivity index (χ2n) is 6.71. The summed E-state index contributed by atoms with van der Waals surface area (Å²) in [5.41, 5.74) is 4.09. The third-order valence-corrected chi connectivity index (χ3v) is 4.91. The molecule has 0 bridgehead atoms. The van der Waals surface area contributed by atoms with Crippen LogP contribution in [0.2, 0.25) is 0 Å². The molecule has 0 unspecified atom stereocenters. The van der Waals surface area contributed by atoms with Gasteiger partial charge in [0.1, 0.15) is 5.84 Å². The van der Waals surface area contributed by atoms with Gasteiger partial charge in [-0.25, -0.2) is 4.79 Å². The molecule has 6 heteroatoms. The zero-order valence-corrected chi connectivity index (χ0v) is 16.2. The van der Waals surface area contributed by atoms with Crippen molar-refractivity contribution in [2.75, 3.05) is 12.0 Å². The maximum atomic E-state index is 12.8. The van der Waals surface area contributed by atoms with E-state index >= 15 is 0 Å². The highest BCUT2D eigenvalue weighted by Crippen LogP contribution is 2.29. The van der Waals surface area contributed by atoms with Crippen LogP contribution in [-0.4, -0.2) is 24.8 Å². The first kappa shape index (κ1) is 19.1. The van der Waals surface area contributed by atoms with Crippen LogP contribution in [0.3, 0.4) is 0 Å². The monoisotopic (exact) mass is 395 g/mol. The molecule has 30 heavy (non-hydrogen) atoms. The van der Waals surface area contributed by atoms with Gasteiger partial charge in [0.25, 0.3) is 5.91 Å². The summed E-state index contributed by atoms with van der Waals surface area (Å²) in [4.78, 5) is 30.9. The Bertz CT molecular complexity index is 1190. The van der Waals surface area contributed by atoms with Crippen LogP contribution in [0.4, 0.5) is 5.69 Å². The van der Waals surface area contributed by atoms with Crippen LogP contribution < -0.4 is 4.90 Å². The maximum Gasteiger partial charge on any atom is 0.337 e. The number of carbonyl (C=O) groups is 2. The molecule has 0 saturated carbocycles. The van der Waals surface area contributed by atoms with Crippen molar-refractivity contribution in [3.63, 3.8) is 0 Å². The first-order chi connectivity index (χ1) is 14.6. The third kappa shape index (κ3) is 3.56. The normalized spacial score (nSPS) is 13.6. The van der Waals surface area contributed by atoms with E-state index in [1.54, 1.807) is 48.5 Å². The Labute approximate surface area is 173 Å². The topological polar surface area (TPSA) is 82.8 Å². The second-order valence-corrected chi connectivity index (χ2v) is 6.71. The number of amidine groups is 1. The van der Waals surface area contributed by atoms with E-state index in [2.05, 4.69) is 4.99 Å². The van der Waals surface area contributed by atoms with Crippen molar-refractivity contribution in [2.24, 2.45) is 4.99 Å². The molecule has 3 aromatic carbocycles. The fourth-order valence-corrected chi connectivity index (χ4v) is 3.34. The van der Waals surface area contributed by atoms with Crippen LogP contribution in [-0.2, 0) is 11.3 Å². The Morgan fingerprint density at radius 2 is 1.63 bits per heavy atom. The zero-order valence-electron chi connectivity index (χ0n) is 16.2. The van der Waals surface area contributed by atoms with E-state index in [0.717, 1.165) is 16.8 Å². The lowest BCUT2D eigenvalue weighted by Gasteiger charge is -2.19. The molecule has 1 aliphatic rings. The summed E-state index contributed by atoms with van der Waals surface area (Å²) in [6, 6.07) is 23.2. The Morgan fingerprint density at radius 1 is 0.967 bits per heavy atom. The van der Waals surface area contributed by atoms with Crippen LogP contribution >= 0.6 is 0 Å². The van der Waals surface area contributed by atoms with Gasteiger partial charge in [0.15, 0.2) is 0 Å². The smallest absolute Gasteiger partial charge is 0.337 e. The Balaban J connectivity index is 1.71. The number of aliphatic imine (C=N–C) groups is 1. The molecule has 0 spiro atoms. The fourth-order valence-electron chi connectivity index (χ4n) is 3.34. The van der Waals surface area contributed by atoms with Crippen molar-refractivity contribution in [2.45, 2.75) is 6.54 Å². The molecule has 4 rings (SSSR count). The van der Waals surface area contributed by atoms with Gasteiger partial charge in [-0.05, 0) is 54.1 Å². The van der Waals surface area contributed by atoms with Crippen LogP contribution in [0.25, 0.3) is 0 Å². The van der Waals surface area contributed by atoms with Crippen molar-refractivity contribution < 1.29 is 14.3 Å². The molecular weight excluding hydrogens is 378 g/mol. The van der Waals surface area contributed by atoms with Gasteiger partial charge in [0.2, 0.25) is 0 Å². The highest BCUT2D eigenvalue weighted by atomic mass is 16.5. The van der Waals surface area contributed by atoms with E-state index in [4.69, 9.17) is 10.00 Å². The molecule has 0 atom stereocenters. The number of nitriles is 1. The molecule has 146 valence electrons. The SMILES string of the molecule is COC(=O)c1ccc(N2Cc3ccccc3C2=NC(=O)c2ccc(C#N)cc2)cc1. The standard InChI is InChI=1S/C24H17N3O3/c1-30-24(29)18-10-12-20(13-11-18)27-15-19-4-2-3-5-21(19)22(27)26-23(28)17-8-6-16(14-25)7-9-17/h2-13H,15H2,1H3. The van der Waals surface area contributed by atoms with Crippen LogP contribution in [0.15, 0.2) is 77.8 Å². The predicted molar refractivity (Wildman–Crippen MR) is 112 cm³/mol. The molecule has 0 N–H and O–H groups in total. The summed E-state index contributed by atoms with van der Waals surface area (Å²) in [5.74, 6) is -0.246. The number of fused-ring (bicyclic) bond motifs is 1. The summed E-state index contributed by atoms with van der Waals surface area (Å²) in [6.45, 7) is 0.563. The van der Waals surface area contributed by atoms with Crippen LogP contribution in [0, 0.1) is 11.3 Å². The lowest BCUT2D eigenvalue weighted by molar-refractivity contribution is 0.0600. The van der Waals surface area contributed by atoms with E-state index < -0.39 is 5.97 Å².